The Morgan fingerprint density at radius 3 is 3.00 bits per heavy atom. The van der Waals surface area contributed by atoms with Crippen molar-refractivity contribution in [2.24, 2.45) is 0 Å². The number of fused-ring (bicyclic) bond motifs is 1. The van der Waals surface area contributed by atoms with E-state index >= 15 is 0 Å². The van der Waals surface area contributed by atoms with Crippen molar-refractivity contribution in [2.45, 2.75) is 25.8 Å². The molecule has 0 spiro atoms. The predicted octanol–water partition coefficient (Wildman–Crippen LogP) is 2.67. The van der Waals surface area contributed by atoms with Gasteiger partial charge < -0.3 is 9.69 Å². The summed E-state index contributed by atoms with van der Waals surface area (Å²) in [5.41, 5.74) is 3.69. The van der Waals surface area contributed by atoms with Crippen LogP contribution in [0.3, 0.4) is 0 Å². The molecule has 1 aliphatic rings. The van der Waals surface area contributed by atoms with E-state index in [2.05, 4.69) is 29.7 Å². The standard InChI is InChI=1S/C14H17NO/c1-3-12-6-7-14-13(9-12)5-4-8-15(14)11(2)10-16/h3,6-7,9-11H,1,4-5,8H2,2H3/t11-/m0/s1. The Morgan fingerprint density at radius 2 is 2.31 bits per heavy atom. The predicted molar refractivity (Wildman–Crippen MR) is 67.7 cm³/mol. The van der Waals surface area contributed by atoms with Gasteiger partial charge in [0.05, 0.1) is 6.04 Å². The summed E-state index contributed by atoms with van der Waals surface area (Å²) >= 11 is 0. The number of benzene rings is 1. The SMILES string of the molecule is C=Cc1ccc2c(c1)CCCN2[C@@H](C)C=O. The van der Waals surface area contributed by atoms with Gasteiger partial charge in [-0.3, -0.25) is 0 Å². The highest BCUT2D eigenvalue weighted by Gasteiger charge is 2.20. The Hall–Kier alpha value is -1.57. The van der Waals surface area contributed by atoms with Crippen LogP contribution in [0.15, 0.2) is 24.8 Å². The fourth-order valence-electron chi connectivity index (χ4n) is 2.27. The molecule has 2 heteroatoms. The van der Waals surface area contributed by atoms with E-state index in [4.69, 9.17) is 0 Å². The van der Waals surface area contributed by atoms with Crippen LogP contribution in [0.4, 0.5) is 5.69 Å². The largest absolute Gasteiger partial charge is 0.362 e. The highest BCUT2D eigenvalue weighted by atomic mass is 16.1. The van der Waals surface area contributed by atoms with E-state index in [0.717, 1.165) is 31.2 Å². The molecule has 0 radical (unpaired) electrons. The van der Waals surface area contributed by atoms with E-state index in [-0.39, 0.29) is 6.04 Å². The number of aldehydes is 1. The molecule has 0 fully saturated rings. The normalized spacial score (nSPS) is 16.4. The lowest BCUT2D eigenvalue weighted by atomic mass is 9.98. The molecule has 0 amide bonds. The number of anilines is 1. The van der Waals surface area contributed by atoms with Crippen molar-refractivity contribution in [3.63, 3.8) is 0 Å². The second kappa shape index (κ2) is 4.52. The highest BCUT2D eigenvalue weighted by molar-refractivity contribution is 5.69. The minimum Gasteiger partial charge on any atom is -0.362 e. The minimum absolute atomic E-state index is 0.0337. The quantitative estimate of drug-likeness (QED) is 0.722. The molecule has 0 bridgehead atoms. The highest BCUT2D eigenvalue weighted by Crippen LogP contribution is 2.29. The van der Waals surface area contributed by atoms with Crippen LogP contribution in [0.25, 0.3) is 6.08 Å². The van der Waals surface area contributed by atoms with Gasteiger partial charge in [0.2, 0.25) is 0 Å². The Kier molecular flexibility index (Phi) is 3.09. The van der Waals surface area contributed by atoms with Crippen LogP contribution < -0.4 is 4.90 Å². The van der Waals surface area contributed by atoms with Gasteiger partial charge in [-0.05, 0) is 43.0 Å². The molecule has 0 aliphatic carbocycles. The average molecular weight is 215 g/mol. The van der Waals surface area contributed by atoms with E-state index < -0.39 is 0 Å². The number of carbonyl (C=O) groups is 1. The van der Waals surface area contributed by atoms with Crippen LogP contribution in [0.1, 0.15) is 24.5 Å². The summed E-state index contributed by atoms with van der Waals surface area (Å²) in [5, 5.41) is 0. The third-order valence-corrected chi connectivity index (χ3v) is 3.18. The molecule has 16 heavy (non-hydrogen) atoms. The first kappa shape index (κ1) is 10.9. The van der Waals surface area contributed by atoms with Crippen molar-refractivity contribution in [2.75, 3.05) is 11.4 Å². The van der Waals surface area contributed by atoms with E-state index in [1.165, 1.54) is 11.3 Å². The van der Waals surface area contributed by atoms with Crippen molar-refractivity contribution in [1.29, 1.82) is 0 Å². The van der Waals surface area contributed by atoms with E-state index in [9.17, 15) is 4.79 Å². The molecule has 1 aromatic rings. The Balaban J connectivity index is 2.39. The van der Waals surface area contributed by atoms with Gasteiger partial charge in [0.1, 0.15) is 6.29 Å². The van der Waals surface area contributed by atoms with Gasteiger partial charge in [-0.25, -0.2) is 0 Å². The zero-order valence-electron chi connectivity index (χ0n) is 9.65. The summed E-state index contributed by atoms with van der Waals surface area (Å²) in [7, 11) is 0. The van der Waals surface area contributed by atoms with Crippen LogP contribution in [0.2, 0.25) is 0 Å². The van der Waals surface area contributed by atoms with Crippen molar-refractivity contribution < 1.29 is 4.79 Å². The molecule has 0 unspecified atom stereocenters. The number of carbonyl (C=O) groups excluding carboxylic acids is 1. The number of rotatable bonds is 3. The maximum atomic E-state index is 10.9. The van der Waals surface area contributed by atoms with Gasteiger partial charge in [0.15, 0.2) is 0 Å². The first-order valence-electron chi connectivity index (χ1n) is 5.73. The molecule has 1 heterocycles. The number of nitrogens with zero attached hydrogens (tertiary/aromatic N) is 1. The molecule has 2 rings (SSSR count). The summed E-state index contributed by atoms with van der Waals surface area (Å²) in [6, 6.07) is 6.30. The number of aryl methyl sites for hydroxylation is 1. The third kappa shape index (κ3) is 1.87. The molecular formula is C14H17NO. The lowest BCUT2D eigenvalue weighted by Crippen LogP contribution is -2.38. The van der Waals surface area contributed by atoms with Gasteiger partial charge in [-0.15, -0.1) is 0 Å². The van der Waals surface area contributed by atoms with Crippen LogP contribution in [0, 0.1) is 0 Å². The summed E-state index contributed by atoms with van der Waals surface area (Å²) in [6.07, 6.45) is 5.09. The zero-order chi connectivity index (χ0) is 11.5. The van der Waals surface area contributed by atoms with Gasteiger partial charge in [-0.2, -0.15) is 0 Å². The number of hydrogen-bond acceptors (Lipinski definition) is 2. The van der Waals surface area contributed by atoms with Crippen molar-refractivity contribution in [3.8, 4) is 0 Å². The van der Waals surface area contributed by atoms with Crippen LogP contribution >= 0.6 is 0 Å². The second-order valence-corrected chi connectivity index (χ2v) is 4.27. The summed E-state index contributed by atoms with van der Waals surface area (Å²) in [4.78, 5) is 13.1. The first-order valence-corrected chi connectivity index (χ1v) is 5.73. The summed E-state index contributed by atoms with van der Waals surface area (Å²) in [6.45, 7) is 6.70. The lowest BCUT2D eigenvalue weighted by Gasteiger charge is -2.34. The van der Waals surface area contributed by atoms with Crippen molar-refractivity contribution >= 4 is 18.0 Å². The summed E-state index contributed by atoms with van der Waals surface area (Å²) in [5.74, 6) is 0. The number of hydrogen-bond donors (Lipinski definition) is 0. The Labute approximate surface area is 96.6 Å². The van der Waals surface area contributed by atoms with Gasteiger partial charge >= 0.3 is 0 Å². The van der Waals surface area contributed by atoms with E-state index in [1.54, 1.807) is 0 Å². The Bertz CT molecular complexity index is 411. The van der Waals surface area contributed by atoms with Crippen LogP contribution in [-0.4, -0.2) is 18.9 Å². The molecule has 0 aromatic heterocycles. The fourth-order valence-corrected chi connectivity index (χ4v) is 2.27. The molecule has 0 saturated carbocycles. The van der Waals surface area contributed by atoms with Crippen LogP contribution in [-0.2, 0) is 11.2 Å². The van der Waals surface area contributed by atoms with Crippen molar-refractivity contribution in [3.05, 3.63) is 35.9 Å². The third-order valence-electron chi connectivity index (χ3n) is 3.18. The van der Waals surface area contributed by atoms with Crippen LogP contribution in [0.5, 0.6) is 0 Å². The summed E-state index contributed by atoms with van der Waals surface area (Å²) < 4.78 is 0. The van der Waals surface area contributed by atoms with Gasteiger partial charge in [-0.1, -0.05) is 18.7 Å². The monoisotopic (exact) mass is 215 g/mol. The van der Waals surface area contributed by atoms with Crippen molar-refractivity contribution in [1.82, 2.24) is 0 Å². The molecule has 0 saturated heterocycles. The average Bonchev–Trinajstić information content (AvgIpc) is 2.36. The minimum atomic E-state index is -0.0337. The topological polar surface area (TPSA) is 20.3 Å². The second-order valence-electron chi connectivity index (χ2n) is 4.27. The molecule has 84 valence electrons. The lowest BCUT2D eigenvalue weighted by molar-refractivity contribution is -0.108. The first-order chi connectivity index (χ1) is 7.76. The Morgan fingerprint density at radius 1 is 1.50 bits per heavy atom. The van der Waals surface area contributed by atoms with E-state index in [0.29, 0.717) is 0 Å². The van der Waals surface area contributed by atoms with Gasteiger partial charge in [0, 0.05) is 12.2 Å². The van der Waals surface area contributed by atoms with Gasteiger partial charge in [0.25, 0.3) is 0 Å². The zero-order valence-corrected chi connectivity index (χ0v) is 9.65. The maximum Gasteiger partial charge on any atom is 0.142 e. The molecule has 1 aromatic carbocycles. The fraction of sp³-hybridized carbons (Fsp3) is 0.357. The molecular weight excluding hydrogens is 198 g/mol. The molecule has 2 nitrogen and oxygen atoms in total. The smallest absolute Gasteiger partial charge is 0.142 e. The molecule has 1 atom stereocenters. The maximum absolute atomic E-state index is 10.9. The van der Waals surface area contributed by atoms with E-state index in [1.807, 2.05) is 13.0 Å². The molecule has 0 N–H and O–H groups in total. The molecule has 1 aliphatic heterocycles.